The van der Waals surface area contributed by atoms with Gasteiger partial charge >= 0.3 is 0 Å². The van der Waals surface area contributed by atoms with Gasteiger partial charge in [-0.1, -0.05) is 30.3 Å². The van der Waals surface area contributed by atoms with Gasteiger partial charge in [0.15, 0.2) is 0 Å². The predicted octanol–water partition coefficient (Wildman–Crippen LogP) is 4.95. The highest BCUT2D eigenvalue weighted by atomic mass is 16.3. The molecule has 6 nitrogen and oxygen atoms in total. The monoisotopic (exact) mass is 415 g/mol. The molecule has 0 radical (unpaired) electrons. The van der Waals surface area contributed by atoms with Crippen LogP contribution in [0, 0.1) is 0 Å². The summed E-state index contributed by atoms with van der Waals surface area (Å²) in [5, 5.41) is 9.50. The van der Waals surface area contributed by atoms with Crippen LogP contribution in [0.5, 0.6) is 0 Å². The van der Waals surface area contributed by atoms with Crippen LogP contribution in [0.1, 0.15) is 31.4 Å². The number of fused-ring (bicyclic) bond motifs is 2. The fraction of sp³-hybridized carbons (Fsp3) is 0.360. The van der Waals surface area contributed by atoms with Crippen LogP contribution in [0.3, 0.4) is 0 Å². The molecule has 2 N–H and O–H groups in total. The van der Waals surface area contributed by atoms with E-state index in [0.29, 0.717) is 12.1 Å². The average Bonchev–Trinajstić information content (AvgIpc) is 3.21. The maximum absolute atomic E-state index is 5.93. The molecule has 1 aliphatic carbocycles. The van der Waals surface area contributed by atoms with Crippen LogP contribution >= 0.6 is 0 Å². The lowest BCUT2D eigenvalue weighted by Crippen LogP contribution is -2.36. The van der Waals surface area contributed by atoms with E-state index in [2.05, 4.69) is 28.8 Å². The second-order valence-electron chi connectivity index (χ2n) is 8.61. The highest BCUT2D eigenvalue weighted by molar-refractivity contribution is 5.90. The smallest absolute Gasteiger partial charge is 0.225 e. The number of rotatable bonds is 6. The zero-order valence-electron chi connectivity index (χ0n) is 18.1. The molecule has 160 valence electrons. The second kappa shape index (κ2) is 8.55. The maximum Gasteiger partial charge on any atom is 0.225 e. The highest BCUT2D eigenvalue weighted by Gasteiger charge is 2.22. The normalized spacial score (nSPS) is 19.0. The van der Waals surface area contributed by atoms with E-state index < -0.39 is 0 Å². The number of hydrogen-bond acceptors (Lipinski definition) is 6. The summed E-state index contributed by atoms with van der Waals surface area (Å²) < 4.78 is 5.93. The Morgan fingerprint density at radius 1 is 0.935 bits per heavy atom. The molecule has 0 spiro atoms. The van der Waals surface area contributed by atoms with Crippen molar-refractivity contribution < 1.29 is 4.42 Å². The van der Waals surface area contributed by atoms with Crippen LogP contribution < -0.4 is 15.5 Å². The molecule has 31 heavy (non-hydrogen) atoms. The molecule has 1 fully saturated rings. The fourth-order valence-corrected chi connectivity index (χ4v) is 4.46. The Labute approximate surface area is 182 Å². The Morgan fingerprint density at radius 2 is 1.68 bits per heavy atom. The Morgan fingerprint density at radius 3 is 2.48 bits per heavy atom. The van der Waals surface area contributed by atoms with Gasteiger partial charge in [0, 0.05) is 37.0 Å². The summed E-state index contributed by atoms with van der Waals surface area (Å²) in [5.41, 5.74) is 1.93. The third-order valence-corrected chi connectivity index (χ3v) is 6.11. The maximum atomic E-state index is 5.93. The molecule has 0 aliphatic heterocycles. The lowest BCUT2D eigenvalue weighted by molar-refractivity contribution is 0.342. The summed E-state index contributed by atoms with van der Waals surface area (Å²) in [5.74, 6) is 2.68. The number of anilines is 2. The Bertz CT molecular complexity index is 1140. The minimum atomic E-state index is 0.403. The number of para-hydroxylation sites is 2. The number of nitrogens with zero attached hydrogens (tertiary/aromatic N) is 3. The molecule has 0 unspecified atom stereocenters. The van der Waals surface area contributed by atoms with Crippen LogP contribution in [-0.4, -0.2) is 36.1 Å². The molecule has 2 aromatic carbocycles. The number of nitrogens with one attached hydrogen (secondary N) is 2. The largest absolute Gasteiger partial charge is 0.460 e. The van der Waals surface area contributed by atoms with Crippen molar-refractivity contribution in [1.82, 2.24) is 15.3 Å². The van der Waals surface area contributed by atoms with Crippen LogP contribution in [0.25, 0.3) is 21.9 Å². The van der Waals surface area contributed by atoms with Crippen molar-refractivity contribution in [1.29, 1.82) is 0 Å². The van der Waals surface area contributed by atoms with Crippen molar-refractivity contribution in [3.05, 3.63) is 60.4 Å². The van der Waals surface area contributed by atoms with E-state index in [1.807, 2.05) is 55.4 Å². The molecular weight excluding hydrogens is 386 g/mol. The summed E-state index contributed by atoms with van der Waals surface area (Å²) in [6, 6.07) is 19.4. The molecule has 1 saturated carbocycles. The molecule has 1 aliphatic rings. The van der Waals surface area contributed by atoms with Crippen LogP contribution in [0.4, 0.5) is 11.8 Å². The summed E-state index contributed by atoms with van der Waals surface area (Å²) >= 11 is 0. The lowest BCUT2D eigenvalue weighted by Gasteiger charge is -2.30. The van der Waals surface area contributed by atoms with E-state index in [0.717, 1.165) is 66.2 Å². The van der Waals surface area contributed by atoms with Gasteiger partial charge in [-0.15, -0.1) is 0 Å². The standard InChI is InChI=1S/C25H29N5O/c1-30(2)24-21-8-4-5-9-22(21)28-25(29-24)27-19-13-11-18(12-14-19)26-16-20-15-17-7-3-6-10-23(17)31-20/h3-10,15,18-19,26H,11-14,16H2,1-2H3,(H,27,28,29)/t18-,19+. The van der Waals surface area contributed by atoms with Crippen molar-refractivity contribution in [2.24, 2.45) is 0 Å². The van der Waals surface area contributed by atoms with E-state index >= 15 is 0 Å². The molecule has 0 saturated heterocycles. The third-order valence-electron chi connectivity index (χ3n) is 6.11. The number of benzene rings is 2. The molecule has 2 aromatic heterocycles. The Balaban J connectivity index is 1.18. The van der Waals surface area contributed by atoms with Crippen LogP contribution in [0.15, 0.2) is 59.0 Å². The van der Waals surface area contributed by atoms with Gasteiger partial charge in [0.2, 0.25) is 5.95 Å². The van der Waals surface area contributed by atoms with E-state index in [4.69, 9.17) is 14.4 Å². The predicted molar refractivity (Wildman–Crippen MR) is 127 cm³/mol. The summed E-state index contributed by atoms with van der Waals surface area (Å²) in [6.07, 6.45) is 4.47. The van der Waals surface area contributed by atoms with Gasteiger partial charge in [0.05, 0.1) is 12.1 Å². The van der Waals surface area contributed by atoms with Crippen molar-refractivity contribution >= 4 is 33.6 Å². The minimum absolute atomic E-state index is 0.403. The first kappa shape index (κ1) is 19.8. The number of furan rings is 1. The van der Waals surface area contributed by atoms with Gasteiger partial charge in [0.25, 0.3) is 0 Å². The molecule has 2 heterocycles. The van der Waals surface area contributed by atoms with Gasteiger partial charge in [-0.3, -0.25) is 0 Å². The molecule has 6 heteroatoms. The van der Waals surface area contributed by atoms with E-state index in [1.165, 1.54) is 5.39 Å². The lowest BCUT2D eigenvalue weighted by atomic mass is 9.91. The molecular formula is C25H29N5O. The second-order valence-corrected chi connectivity index (χ2v) is 8.61. The topological polar surface area (TPSA) is 66.2 Å². The van der Waals surface area contributed by atoms with Crippen LogP contribution in [-0.2, 0) is 6.54 Å². The van der Waals surface area contributed by atoms with Gasteiger partial charge in [-0.05, 0) is 49.9 Å². The van der Waals surface area contributed by atoms with Crippen molar-refractivity contribution in [3.63, 3.8) is 0 Å². The van der Waals surface area contributed by atoms with Crippen molar-refractivity contribution in [2.45, 2.75) is 44.3 Å². The van der Waals surface area contributed by atoms with Gasteiger partial charge in [-0.2, -0.15) is 4.98 Å². The zero-order chi connectivity index (χ0) is 21.2. The van der Waals surface area contributed by atoms with Gasteiger partial charge < -0.3 is 20.0 Å². The van der Waals surface area contributed by atoms with Crippen molar-refractivity contribution in [3.8, 4) is 0 Å². The summed E-state index contributed by atoms with van der Waals surface area (Å²) in [7, 11) is 4.05. The molecule has 0 atom stereocenters. The minimum Gasteiger partial charge on any atom is -0.460 e. The molecule has 4 aromatic rings. The number of hydrogen-bond donors (Lipinski definition) is 2. The first-order chi connectivity index (χ1) is 15.2. The fourth-order valence-electron chi connectivity index (χ4n) is 4.46. The summed E-state index contributed by atoms with van der Waals surface area (Å²) in [4.78, 5) is 11.6. The Kier molecular flexibility index (Phi) is 5.47. The first-order valence-corrected chi connectivity index (χ1v) is 11.1. The molecule has 5 rings (SSSR count). The zero-order valence-corrected chi connectivity index (χ0v) is 18.1. The van der Waals surface area contributed by atoms with E-state index in [9.17, 15) is 0 Å². The first-order valence-electron chi connectivity index (χ1n) is 11.1. The van der Waals surface area contributed by atoms with Crippen molar-refractivity contribution in [2.75, 3.05) is 24.3 Å². The Hall–Kier alpha value is -3.12. The molecule has 0 bridgehead atoms. The highest BCUT2D eigenvalue weighted by Crippen LogP contribution is 2.27. The van der Waals surface area contributed by atoms with Gasteiger partial charge in [0.1, 0.15) is 17.2 Å². The van der Waals surface area contributed by atoms with Gasteiger partial charge in [-0.25, -0.2) is 4.98 Å². The van der Waals surface area contributed by atoms with Crippen LogP contribution in [0.2, 0.25) is 0 Å². The quantitative estimate of drug-likeness (QED) is 0.464. The summed E-state index contributed by atoms with van der Waals surface area (Å²) in [6.45, 7) is 0.775. The third kappa shape index (κ3) is 4.35. The van der Waals surface area contributed by atoms with E-state index in [1.54, 1.807) is 0 Å². The molecule has 0 amide bonds. The average molecular weight is 416 g/mol. The SMILES string of the molecule is CN(C)c1nc(N[C@H]2CC[C@@H](NCc3cc4ccccc4o3)CC2)nc2ccccc12. The van der Waals surface area contributed by atoms with E-state index in [-0.39, 0.29) is 0 Å². The number of aromatic nitrogens is 2.